The number of hydrogen-bond acceptors (Lipinski definition) is 3. The normalized spacial score (nSPS) is 8.27. The molecule has 0 fully saturated rings. The van der Waals surface area contributed by atoms with E-state index in [1.807, 2.05) is 13.8 Å². The lowest BCUT2D eigenvalue weighted by molar-refractivity contribution is 0.473. The van der Waals surface area contributed by atoms with Crippen molar-refractivity contribution in [2.24, 2.45) is 5.73 Å². The monoisotopic (exact) mass is 198 g/mol. The van der Waals surface area contributed by atoms with Crippen LogP contribution in [-0.2, 0) is 6.54 Å². The number of aryl methyl sites for hydroxylation is 2. The largest absolute Gasteiger partial charge is 0.444 e. The van der Waals surface area contributed by atoms with Gasteiger partial charge in [-0.05, 0) is 13.8 Å². The summed E-state index contributed by atoms with van der Waals surface area (Å²) in [7, 11) is 0. The molecule has 0 aliphatic carbocycles. The molecule has 1 aromatic heterocycles. The minimum atomic E-state index is 0. The van der Waals surface area contributed by atoms with Gasteiger partial charge in [-0.15, -0.1) is 24.8 Å². The Bertz CT molecular complexity index is 193. The van der Waals surface area contributed by atoms with Gasteiger partial charge in [0.2, 0.25) is 5.89 Å². The van der Waals surface area contributed by atoms with Gasteiger partial charge < -0.3 is 10.2 Å². The number of oxazole rings is 1. The van der Waals surface area contributed by atoms with Crippen molar-refractivity contribution in [2.75, 3.05) is 0 Å². The highest BCUT2D eigenvalue weighted by Gasteiger charge is 2.00. The summed E-state index contributed by atoms with van der Waals surface area (Å²) < 4.78 is 5.13. The molecule has 0 atom stereocenters. The van der Waals surface area contributed by atoms with Gasteiger partial charge in [-0.25, -0.2) is 4.98 Å². The lowest BCUT2D eigenvalue weighted by Crippen LogP contribution is -1.95. The Morgan fingerprint density at radius 2 is 1.91 bits per heavy atom. The molecule has 11 heavy (non-hydrogen) atoms. The molecule has 3 nitrogen and oxygen atoms in total. The fraction of sp³-hybridized carbons (Fsp3) is 0.500. The van der Waals surface area contributed by atoms with E-state index in [0.29, 0.717) is 12.4 Å². The van der Waals surface area contributed by atoms with Crippen LogP contribution in [0.25, 0.3) is 0 Å². The molecular formula is C6H12Cl2N2O. The van der Waals surface area contributed by atoms with Crippen molar-refractivity contribution in [3.8, 4) is 0 Å². The number of rotatable bonds is 1. The van der Waals surface area contributed by atoms with E-state index in [2.05, 4.69) is 4.98 Å². The van der Waals surface area contributed by atoms with Gasteiger partial charge in [0.25, 0.3) is 0 Å². The molecule has 66 valence electrons. The zero-order chi connectivity index (χ0) is 6.85. The van der Waals surface area contributed by atoms with Crippen molar-refractivity contribution in [1.29, 1.82) is 0 Å². The van der Waals surface area contributed by atoms with Crippen LogP contribution in [0.15, 0.2) is 4.42 Å². The molecular weight excluding hydrogens is 187 g/mol. The van der Waals surface area contributed by atoms with Gasteiger partial charge in [0.15, 0.2) is 0 Å². The molecule has 0 saturated heterocycles. The second-order valence-corrected chi connectivity index (χ2v) is 1.95. The Balaban J connectivity index is 0. The maximum absolute atomic E-state index is 5.28. The molecule has 0 spiro atoms. The summed E-state index contributed by atoms with van der Waals surface area (Å²) in [6.07, 6.45) is 0. The van der Waals surface area contributed by atoms with Gasteiger partial charge >= 0.3 is 0 Å². The molecule has 1 rings (SSSR count). The summed E-state index contributed by atoms with van der Waals surface area (Å²) >= 11 is 0. The quantitative estimate of drug-likeness (QED) is 0.747. The minimum absolute atomic E-state index is 0. The lowest BCUT2D eigenvalue weighted by Gasteiger charge is -1.81. The van der Waals surface area contributed by atoms with Gasteiger partial charge in [0.05, 0.1) is 12.2 Å². The third-order valence-corrected chi connectivity index (χ3v) is 1.25. The number of aromatic nitrogens is 1. The van der Waals surface area contributed by atoms with E-state index in [4.69, 9.17) is 10.2 Å². The SMILES string of the molecule is Cc1nc(CN)oc1C.Cl.Cl. The van der Waals surface area contributed by atoms with Crippen molar-refractivity contribution in [1.82, 2.24) is 4.98 Å². The summed E-state index contributed by atoms with van der Waals surface area (Å²) in [5.74, 6) is 1.47. The molecule has 0 amide bonds. The molecule has 2 N–H and O–H groups in total. The number of halogens is 2. The Labute approximate surface area is 78.2 Å². The lowest BCUT2D eigenvalue weighted by atomic mass is 10.4. The summed E-state index contributed by atoms with van der Waals surface area (Å²) in [4.78, 5) is 4.04. The average molecular weight is 199 g/mol. The molecule has 5 heteroatoms. The van der Waals surface area contributed by atoms with E-state index in [-0.39, 0.29) is 24.8 Å². The van der Waals surface area contributed by atoms with Gasteiger partial charge in [-0.1, -0.05) is 0 Å². The first kappa shape index (κ1) is 13.3. The third kappa shape index (κ3) is 3.10. The van der Waals surface area contributed by atoms with Gasteiger partial charge in [-0.2, -0.15) is 0 Å². The first-order valence-electron chi connectivity index (χ1n) is 2.87. The molecule has 0 aromatic carbocycles. The van der Waals surface area contributed by atoms with Crippen LogP contribution in [0.3, 0.4) is 0 Å². The van der Waals surface area contributed by atoms with Crippen molar-refractivity contribution in [3.63, 3.8) is 0 Å². The fourth-order valence-electron chi connectivity index (χ4n) is 0.626. The Kier molecular flexibility index (Phi) is 6.56. The average Bonchev–Trinajstić information content (AvgIpc) is 2.13. The maximum atomic E-state index is 5.28. The summed E-state index contributed by atoms with van der Waals surface area (Å²) in [6, 6.07) is 0. The zero-order valence-corrected chi connectivity index (χ0v) is 8.09. The number of hydrogen-bond donors (Lipinski definition) is 1. The summed E-state index contributed by atoms with van der Waals surface area (Å²) in [6.45, 7) is 4.16. The number of nitrogens with two attached hydrogens (primary N) is 1. The van der Waals surface area contributed by atoms with Gasteiger partial charge in [-0.3, -0.25) is 0 Å². The zero-order valence-electron chi connectivity index (χ0n) is 6.46. The summed E-state index contributed by atoms with van der Waals surface area (Å²) in [5.41, 5.74) is 6.20. The topological polar surface area (TPSA) is 52.0 Å². The second-order valence-electron chi connectivity index (χ2n) is 1.95. The van der Waals surface area contributed by atoms with E-state index < -0.39 is 0 Å². The van der Waals surface area contributed by atoms with Crippen LogP contribution in [-0.4, -0.2) is 4.98 Å². The van der Waals surface area contributed by atoms with Crippen LogP contribution >= 0.6 is 24.8 Å². The second kappa shape index (κ2) is 5.41. The van der Waals surface area contributed by atoms with E-state index in [1.165, 1.54) is 0 Å². The highest BCUT2D eigenvalue weighted by atomic mass is 35.5. The molecule has 0 radical (unpaired) electrons. The smallest absolute Gasteiger partial charge is 0.208 e. The highest BCUT2D eigenvalue weighted by Crippen LogP contribution is 2.06. The van der Waals surface area contributed by atoms with Crippen LogP contribution in [0.5, 0.6) is 0 Å². The molecule has 0 aliphatic heterocycles. The highest BCUT2D eigenvalue weighted by molar-refractivity contribution is 5.85. The van der Waals surface area contributed by atoms with E-state index in [1.54, 1.807) is 0 Å². The van der Waals surface area contributed by atoms with Crippen molar-refractivity contribution in [3.05, 3.63) is 17.3 Å². The Hall–Kier alpha value is -0.250. The summed E-state index contributed by atoms with van der Waals surface area (Å²) in [5, 5.41) is 0. The van der Waals surface area contributed by atoms with E-state index in [0.717, 1.165) is 11.5 Å². The molecule has 0 saturated carbocycles. The molecule has 1 aromatic rings. The van der Waals surface area contributed by atoms with Gasteiger partial charge in [0.1, 0.15) is 5.76 Å². The van der Waals surface area contributed by atoms with E-state index in [9.17, 15) is 0 Å². The predicted molar refractivity (Wildman–Crippen MR) is 48.4 cm³/mol. The minimum Gasteiger partial charge on any atom is -0.444 e. The molecule has 1 heterocycles. The maximum Gasteiger partial charge on any atom is 0.208 e. The van der Waals surface area contributed by atoms with Crippen LogP contribution in [0.2, 0.25) is 0 Å². The van der Waals surface area contributed by atoms with Crippen molar-refractivity contribution >= 4 is 24.8 Å². The first-order valence-corrected chi connectivity index (χ1v) is 2.87. The predicted octanol–water partition coefficient (Wildman–Crippen LogP) is 1.59. The Morgan fingerprint density at radius 3 is 2.09 bits per heavy atom. The van der Waals surface area contributed by atoms with Crippen molar-refractivity contribution in [2.45, 2.75) is 20.4 Å². The molecule has 0 aliphatic rings. The fourth-order valence-corrected chi connectivity index (χ4v) is 0.626. The van der Waals surface area contributed by atoms with Crippen molar-refractivity contribution < 1.29 is 4.42 Å². The van der Waals surface area contributed by atoms with Gasteiger partial charge in [0, 0.05) is 0 Å². The molecule has 0 unspecified atom stereocenters. The standard InChI is InChI=1S/C6H10N2O.2ClH/c1-4-5(2)9-6(3-7)8-4;;/h3,7H2,1-2H3;2*1H. The third-order valence-electron chi connectivity index (χ3n) is 1.25. The first-order chi connectivity index (χ1) is 4.24. The number of nitrogens with zero attached hydrogens (tertiary/aromatic N) is 1. The van der Waals surface area contributed by atoms with Crippen LogP contribution in [0.1, 0.15) is 17.3 Å². The molecule has 0 bridgehead atoms. The van der Waals surface area contributed by atoms with E-state index >= 15 is 0 Å². The van der Waals surface area contributed by atoms with Crippen LogP contribution < -0.4 is 5.73 Å². The van der Waals surface area contributed by atoms with Crippen LogP contribution in [0.4, 0.5) is 0 Å². The Morgan fingerprint density at radius 1 is 1.36 bits per heavy atom. The van der Waals surface area contributed by atoms with Crippen LogP contribution in [0, 0.1) is 13.8 Å².